The SMILES string of the molecule is Cc1ccc(F)cc1NC(=O)Cc1cc(Cl)c2c(c1)OCCCO2. The number of ether oxygens (including phenoxy) is 2. The van der Waals surface area contributed by atoms with Gasteiger partial charge in [0.05, 0.1) is 24.7 Å². The number of carbonyl (C=O) groups excluding carboxylic acids is 1. The minimum atomic E-state index is -0.394. The highest BCUT2D eigenvalue weighted by molar-refractivity contribution is 6.32. The van der Waals surface area contributed by atoms with Gasteiger partial charge < -0.3 is 14.8 Å². The molecule has 0 atom stereocenters. The molecule has 0 aliphatic carbocycles. The van der Waals surface area contributed by atoms with Gasteiger partial charge in [-0.3, -0.25) is 4.79 Å². The van der Waals surface area contributed by atoms with Crippen LogP contribution in [0.15, 0.2) is 30.3 Å². The van der Waals surface area contributed by atoms with Crippen LogP contribution in [0.3, 0.4) is 0 Å². The lowest BCUT2D eigenvalue weighted by atomic mass is 10.1. The average Bonchev–Trinajstić information content (AvgIpc) is 2.76. The number of nitrogens with one attached hydrogen (secondary N) is 1. The summed E-state index contributed by atoms with van der Waals surface area (Å²) in [6.07, 6.45) is 0.881. The van der Waals surface area contributed by atoms with Crippen LogP contribution in [0.2, 0.25) is 5.02 Å². The summed E-state index contributed by atoms with van der Waals surface area (Å²) in [5, 5.41) is 3.13. The van der Waals surface area contributed by atoms with Crippen LogP contribution in [0, 0.1) is 12.7 Å². The predicted molar refractivity (Wildman–Crippen MR) is 90.5 cm³/mol. The molecular weight excluding hydrogens is 333 g/mol. The Balaban J connectivity index is 1.76. The Hall–Kier alpha value is -2.27. The third-order valence-electron chi connectivity index (χ3n) is 3.70. The van der Waals surface area contributed by atoms with E-state index in [1.54, 1.807) is 25.1 Å². The molecule has 1 amide bonds. The van der Waals surface area contributed by atoms with Crippen LogP contribution in [0.1, 0.15) is 17.5 Å². The third kappa shape index (κ3) is 3.79. The van der Waals surface area contributed by atoms with Gasteiger partial charge in [-0.25, -0.2) is 4.39 Å². The van der Waals surface area contributed by atoms with Gasteiger partial charge in [-0.05, 0) is 42.3 Å². The van der Waals surface area contributed by atoms with E-state index in [9.17, 15) is 9.18 Å². The molecule has 1 aliphatic heterocycles. The van der Waals surface area contributed by atoms with Crippen molar-refractivity contribution in [3.8, 4) is 11.5 Å². The summed E-state index contributed by atoms with van der Waals surface area (Å²) < 4.78 is 24.5. The normalized spacial score (nSPS) is 13.3. The molecule has 24 heavy (non-hydrogen) atoms. The standard InChI is InChI=1S/C18H17ClFNO3/c1-11-3-4-13(20)10-15(11)21-17(22)9-12-7-14(19)18-16(8-12)23-5-2-6-24-18/h3-4,7-8,10H,2,5-6,9H2,1H3,(H,21,22). The van der Waals surface area contributed by atoms with Gasteiger partial charge in [-0.2, -0.15) is 0 Å². The number of aryl methyl sites for hydroxylation is 1. The van der Waals surface area contributed by atoms with E-state index >= 15 is 0 Å². The highest BCUT2D eigenvalue weighted by Crippen LogP contribution is 2.38. The van der Waals surface area contributed by atoms with Gasteiger partial charge in [0.1, 0.15) is 5.82 Å². The van der Waals surface area contributed by atoms with Gasteiger partial charge in [-0.1, -0.05) is 17.7 Å². The molecule has 6 heteroatoms. The van der Waals surface area contributed by atoms with Crippen molar-refractivity contribution < 1.29 is 18.7 Å². The number of rotatable bonds is 3. The van der Waals surface area contributed by atoms with E-state index in [2.05, 4.69) is 5.32 Å². The zero-order chi connectivity index (χ0) is 17.1. The number of amides is 1. The summed E-state index contributed by atoms with van der Waals surface area (Å²) >= 11 is 6.22. The Morgan fingerprint density at radius 2 is 2.04 bits per heavy atom. The first-order valence-corrected chi connectivity index (χ1v) is 8.05. The number of benzene rings is 2. The zero-order valence-electron chi connectivity index (χ0n) is 13.2. The van der Waals surface area contributed by atoms with Crippen LogP contribution < -0.4 is 14.8 Å². The Morgan fingerprint density at radius 1 is 1.25 bits per heavy atom. The highest BCUT2D eigenvalue weighted by Gasteiger charge is 2.17. The maximum Gasteiger partial charge on any atom is 0.228 e. The molecule has 3 rings (SSSR count). The lowest BCUT2D eigenvalue weighted by Crippen LogP contribution is -2.15. The van der Waals surface area contributed by atoms with Crippen molar-refractivity contribution in [2.45, 2.75) is 19.8 Å². The summed E-state index contributed by atoms with van der Waals surface area (Å²) in [5.74, 6) is 0.410. The number of hydrogen-bond acceptors (Lipinski definition) is 3. The topological polar surface area (TPSA) is 47.6 Å². The zero-order valence-corrected chi connectivity index (χ0v) is 14.0. The molecule has 0 fully saturated rings. The molecule has 126 valence electrons. The second kappa shape index (κ2) is 7.09. The van der Waals surface area contributed by atoms with Crippen molar-refractivity contribution in [3.63, 3.8) is 0 Å². The van der Waals surface area contributed by atoms with Crippen LogP contribution in [-0.2, 0) is 11.2 Å². The fraction of sp³-hybridized carbons (Fsp3) is 0.278. The molecule has 0 saturated carbocycles. The Kier molecular flexibility index (Phi) is 4.90. The quantitative estimate of drug-likeness (QED) is 0.906. The molecule has 0 spiro atoms. The number of fused-ring (bicyclic) bond motifs is 1. The first-order chi connectivity index (χ1) is 11.5. The van der Waals surface area contributed by atoms with Crippen LogP contribution in [0.4, 0.5) is 10.1 Å². The van der Waals surface area contributed by atoms with Crippen molar-refractivity contribution in [2.24, 2.45) is 0 Å². The Labute approximate surface area is 144 Å². The highest BCUT2D eigenvalue weighted by atomic mass is 35.5. The largest absolute Gasteiger partial charge is 0.489 e. The van der Waals surface area contributed by atoms with Crippen LogP contribution in [-0.4, -0.2) is 19.1 Å². The van der Waals surface area contributed by atoms with Crippen molar-refractivity contribution in [2.75, 3.05) is 18.5 Å². The van der Waals surface area contributed by atoms with Gasteiger partial charge in [0.2, 0.25) is 5.91 Å². The maximum atomic E-state index is 13.3. The molecule has 0 unspecified atom stereocenters. The first kappa shape index (κ1) is 16.6. The molecule has 1 N–H and O–H groups in total. The van der Waals surface area contributed by atoms with Gasteiger partial charge in [0, 0.05) is 12.1 Å². The van der Waals surface area contributed by atoms with E-state index in [0.29, 0.717) is 41.0 Å². The number of hydrogen-bond donors (Lipinski definition) is 1. The number of anilines is 1. The first-order valence-electron chi connectivity index (χ1n) is 7.67. The van der Waals surface area contributed by atoms with Crippen LogP contribution >= 0.6 is 11.6 Å². The molecule has 0 bridgehead atoms. The van der Waals surface area contributed by atoms with E-state index in [1.807, 2.05) is 0 Å². The van der Waals surface area contributed by atoms with Gasteiger partial charge in [0.15, 0.2) is 11.5 Å². The molecule has 0 aromatic heterocycles. The summed E-state index contributed by atoms with van der Waals surface area (Å²) in [7, 11) is 0. The smallest absolute Gasteiger partial charge is 0.228 e. The summed E-state index contributed by atoms with van der Waals surface area (Å²) in [6, 6.07) is 7.72. The van der Waals surface area contributed by atoms with Gasteiger partial charge >= 0.3 is 0 Å². The lowest BCUT2D eigenvalue weighted by molar-refractivity contribution is -0.115. The Bertz CT molecular complexity index is 779. The monoisotopic (exact) mass is 349 g/mol. The van der Waals surface area contributed by atoms with Crippen molar-refractivity contribution >= 4 is 23.2 Å². The van der Waals surface area contributed by atoms with Crippen molar-refractivity contribution in [1.82, 2.24) is 0 Å². The van der Waals surface area contributed by atoms with Crippen molar-refractivity contribution in [3.05, 3.63) is 52.3 Å². The number of halogens is 2. The lowest BCUT2D eigenvalue weighted by Gasteiger charge is -2.12. The molecular formula is C18H17ClFNO3. The van der Waals surface area contributed by atoms with E-state index in [0.717, 1.165) is 12.0 Å². The second-order valence-electron chi connectivity index (χ2n) is 5.64. The van der Waals surface area contributed by atoms with E-state index in [1.165, 1.54) is 12.1 Å². The summed E-state index contributed by atoms with van der Waals surface area (Å²) in [6.45, 7) is 2.90. The number of carbonyl (C=O) groups is 1. The maximum absolute atomic E-state index is 13.3. The molecule has 0 saturated heterocycles. The van der Waals surface area contributed by atoms with E-state index < -0.39 is 5.82 Å². The molecule has 1 aliphatic rings. The second-order valence-corrected chi connectivity index (χ2v) is 6.05. The fourth-order valence-electron chi connectivity index (χ4n) is 2.49. The molecule has 1 heterocycles. The fourth-order valence-corrected chi connectivity index (χ4v) is 2.78. The van der Waals surface area contributed by atoms with E-state index in [4.69, 9.17) is 21.1 Å². The average molecular weight is 350 g/mol. The van der Waals surface area contributed by atoms with Gasteiger partial charge in [-0.15, -0.1) is 0 Å². The predicted octanol–water partition coefficient (Wildman–Crippen LogP) is 4.13. The van der Waals surface area contributed by atoms with Crippen LogP contribution in [0.5, 0.6) is 11.5 Å². The molecule has 4 nitrogen and oxygen atoms in total. The molecule has 2 aromatic rings. The van der Waals surface area contributed by atoms with E-state index in [-0.39, 0.29) is 12.3 Å². The Morgan fingerprint density at radius 3 is 2.88 bits per heavy atom. The minimum Gasteiger partial charge on any atom is -0.489 e. The van der Waals surface area contributed by atoms with Gasteiger partial charge in [0.25, 0.3) is 0 Å². The summed E-state index contributed by atoms with van der Waals surface area (Å²) in [4.78, 5) is 12.2. The molecule has 0 radical (unpaired) electrons. The molecule has 2 aromatic carbocycles. The summed E-state index contributed by atoms with van der Waals surface area (Å²) in [5.41, 5.74) is 1.96. The van der Waals surface area contributed by atoms with Crippen LogP contribution in [0.25, 0.3) is 0 Å². The van der Waals surface area contributed by atoms with Crippen molar-refractivity contribution in [1.29, 1.82) is 0 Å². The third-order valence-corrected chi connectivity index (χ3v) is 3.98. The minimum absolute atomic E-state index is 0.103.